The monoisotopic (exact) mass is 423 g/mol. The number of benzene rings is 2. The molecule has 3 aromatic rings. The molecule has 0 saturated carbocycles. The Balaban J connectivity index is 1.32. The second-order valence-electron chi connectivity index (χ2n) is 7.16. The first kappa shape index (κ1) is 20.5. The number of thiazole rings is 1. The van der Waals surface area contributed by atoms with E-state index in [2.05, 4.69) is 39.5 Å². The first-order valence-corrected chi connectivity index (χ1v) is 10.9. The van der Waals surface area contributed by atoms with Crippen LogP contribution in [0.2, 0.25) is 0 Å². The van der Waals surface area contributed by atoms with Gasteiger partial charge in [-0.15, -0.1) is 11.3 Å². The number of hydrogen-bond acceptors (Lipinski definition) is 6. The largest absolute Gasteiger partial charge is 0.496 e. The van der Waals surface area contributed by atoms with Crippen LogP contribution >= 0.6 is 11.3 Å². The molecule has 1 saturated heterocycles. The molecule has 2 heterocycles. The highest BCUT2D eigenvalue weighted by atomic mass is 32.1. The van der Waals surface area contributed by atoms with Crippen molar-refractivity contribution in [3.63, 3.8) is 0 Å². The van der Waals surface area contributed by atoms with Crippen molar-refractivity contribution >= 4 is 17.2 Å². The predicted molar refractivity (Wildman–Crippen MR) is 118 cm³/mol. The predicted octanol–water partition coefficient (Wildman–Crippen LogP) is 3.45. The number of methoxy groups -OCH3 is 1. The van der Waals surface area contributed by atoms with Crippen LogP contribution < -0.4 is 10.1 Å². The second kappa shape index (κ2) is 9.84. The molecule has 0 bridgehead atoms. The molecule has 1 atom stereocenters. The van der Waals surface area contributed by atoms with E-state index >= 15 is 0 Å². The molecule has 2 aromatic carbocycles. The highest BCUT2D eigenvalue weighted by molar-refractivity contribution is 7.13. The molecular formula is C23H25N3O3S. The van der Waals surface area contributed by atoms with Gasteiger partial charge in [-0.2, -0.15) is 0 Å². The van der Waals surface area contributed by atoms with Gasteiger partial charge in [0.05, 0.1) is 25.4 Å². The normalized spacial score (nSPS) is 16.9. The van der Waals surface area contributed by atoms with E-state index in [1.54, 1.807) is 12.5 Å². The van der Waals surface area contributed by atoms with Gasteiger partial charge in [0.1, 0.15) is 16.5 Å². The average molecular weight is 424 g/mol. The summed E-state index contributed by atoms with van der Waals surface area (Å²) >= 11 is 1.43. The van der Waals surface area contributed by atoms with Crippen LogP contribution in [0.15, 0.2) is 60.0 Å². The number of amides is 1. The van der Waals surface area contributed by atoms with Crippen molar-refractivity contribution in [3.8, 4) is 16.3 Å². The van der Waals surface area contributed by atoms with Crippen molar-refractivity contribution in [2.24, 2.45) is 0 Å². The Labute approximate surface area is 180 Å². The van der Waals surface area contributed by atoms with Crippen LogP contribution in [-0.2, 0) is 11.3 Å². The van der Waals surface area contributed by atoms with Gasteiger partial charge < -0.3 is 14.8 Å². The molecule has 30 heavy (non-hydrogen) atoms. The number of ether oxygens (including phenoxy) is 2. The molecule has 1 amide bonds. The first-order valence-electron chi connectivity index (χ1n) is 9.98. The molecule has 0 radical (unpaired) electrons. The number of nitrogens with zero attached hydrogens (tertiary/aromatic N) is 2. The third kappa shape index (κ3) is 5.05. The lowest BCUT2D eigenvalue weighted by atomic mass is 10.2. The van der Waals surface area contributed by atoms with Crippen molar-refractivity contribution in [1.29, 1.82) is 0 Å². The Hall–Kier alpha value is -2.74. The zero-order valence-corrected chi connectivity index (χ0v) is 17.7. The van der Waals surface area contributed by atoms with Crippen LogP contribution in [-0.4, -0.2) is 55.2 Å². The molecule has 1 unspecified atom stereocenters. The minimum Gasteiger partial charge on any atom is -0.496 e. The molecule has 156 valence electrons. The van der Waals surface area contributed by atoms with Crippen molar-refractivity contribution < 1.29 is 14.3 Å². The van der Waals surface area contributed by atoms with Gasteiger partial charge in [-0.3, -0.25) is 9.69 Å². The van der Waals surface area contributed by atoms with Gasteiger partial charge in [0.2, 0.25) is 0 Å². The summed E-state index contributed by atoms with van der Waals surface area (Å²) in [4.78, 5) is 19.4. The summed E-state index contributed by atoms with van der Waals surface area (Å²) in [5, 5.41) is 5.51. The minimum atomic E-state index is -0.184. The molecule has 0 spiro atoms. The molecule has 7 heteroatoms. The molecule has 1 fully saturated rings. The lowest BCUT2D eigenvalue weighted by Crippen LogP contribution is -2.47. The summed E-state index contributed by atoms with van der Waals surface area (Å²) in [5.74, 6) is 0.559. The zero-order valence-electron chi connectivity index (χ0n) is 16.9. The van der Waals surface area contributed by atoms with Gasteiger partial charge in [-0.25, -0.2) is 4.98 Å². The lowest BCUT2D eigenvalue weighted by molar-refractivity contribution is -0.0292. The summed E-state index contributed by atoms with van der Waals surface area (Å²) < 4.78 is 11.2. The van der Waals surface area contributed by atoms with Gasteiger partial charge in [0, 0.05) is 31.6 Å². The van der Waals surface area contributed by atoms with Crippen LogP contribution in [0.4, 0.5) is 0 Å². The van der Waals surface area contributed by atoms with E-state index in [-0.39, 0.29) is 12.0 Å². The Kier molecular flexibility index (Phi) is 6.74. The van der Waals surface area contributed by atoms with Crippen molar-refractivity contribution in [3.05, 3.63) is 71.2 Å². The molecular weight excluding hydrogens is 398 g/mol. The fraction of sp³-hybridized carbons (Fsp3) is 0.304. The Morgan fingerprint density at radius 3 is 2.87 bits per heavy atom. The maximum absolute atomic E-state index is 12.6. The lowest BCUT2D eigenvalue weighted by Gasteiger charge is -2.33. The number of hydrogen-bond donors (Lipinski definition) is 1. The molecule has 1 aliphatic heterocycles. The van der Waals surface area contributed by atoms with E-state index in [0.29, 0.717) is 18.8 Å². The number of morpholine rings is 1. The van der Waals surface area contributed by atoms with E-state index in [1.165, 1.54) is 16.9 Å². The summed E-state index contributed by atoms with van der Waals surface area (Å²) in [6.07, 6.45) is -0.0289. The van der Waals surface area contributed by atoms with Crippen LogP contribution in [0.25, 0.3) is 10.6 Å². The fourth-order valence-electron chi connectivity index (χ4n) is 3.51. The number of nitrogens with one attached hydrogen (secondary N) is 1. The molecule has 1 aromatic heterocycles. The van der Waals surface area contributed by atoms with E-state index in [0.717, 1.165) is 36.0 Å². The molecule has 0 aliphatic carbocycles. The summed E-state index contributed by atoms with van der Waals surface area (Å²) in [5.41, 5.74) is 2.59. The second-order valence-corrected chi connectivity index (χ2v) is 8.02. The van der Waals surface area contributed by atoms with Gasteiger partial charge in [-0.1, -0.05) is 42.5 Å². The highest BCUT2D eigenvalue weighted by Gasteiger charge is 2.22. The van der Waals surface area contributed by atoms with Crippen molar-refractivity contribution in [2.45, 2.75) is 12.6 Å². The summed E-state index contributed by atoms with van der Waals surface area (Å²) in [6.45, 7) is 3.71. The zero-order chi connectivity index (χ0) is 20.8. The quantitative estimate of drug-likeness (QED) is 0.631. The Morgan fingerprint density at radius 2 is 2.03 bits per heavy atom. The van der Waals surface area contributed by atoms with Crippen LogP contribution in [0.5, 0.6) is 5.75 Å². The van der Waals surface area contributed by atoms with Crippen LogP contribution in [0.1, 0.15) is 16.1 Å². The van der Waals surface area contributed by atoms with Crippen LogP contribution in [0, 0.1) is 0 Å². The van der Waals surface area contributed by atoms with E-state index < -0.39 is 0 Å². The maximum Gasteiger partial charge on any atom is 0.270 e. The van der Waals surface area contributed by atoms with E-state index in [4.69, 9.17) is 9.47 Å². The summed E-state index contributed by atoms with van der Waals surface area (Å²) in [6, 6.07) is 18.1. The standard InChI is InChI=1S/C23H25N3O3S/c1-28-21-10-6-5-9-19(21)23-25-20(16-30-23)22(27)24-13-18-15-26(11-12-29-18)14-17-7-3-2-4-8-17/h2-10,16,18H,11-15H2,1H3,(H,24,27). The average Bonchev–Trinajstić information content (AvgIpc) is 3.29. The molecule has 1 aliphatic rings. The smallest absolute Gasteiger partial charge is 0.270 e. The highest BCUT2D eigenvalue weighted by Crippen LogP contribution is 2.31. The maximum atomic E-state index is 12.6. The number of aromatic nitrogens is 1. The van der Waals surface area contributed by atoms with E-state index in [1.807, 2.05) is 30.3 Å². The molecule has 4 rings (SSSR count). The Morgan fingerprint density at radius 1 is 1.23 bits per heavy atom. The third-order valence-corrected chi connectivity index (χ3v) is 5.91. The summed E-state index contributed by atoms with van der Waals surface area (Å²) in [7, 11) is 1.63. The van der Waals surface area contributed by atoms with Crippen LogP contribution in [0.3, 0.4) is 0 Å². The third-order valence-electron chi connectivity index (χ3n) is 5.04. The van der Waals surface area contributed by atoms with Gasteiger partial charge in [0.25, 0.3) is 5.91 Å². The van der Waals surface area contributed by atoms with E-state index in [9.17, 15) is 4.79 Å². The topological polar surface area (TPSA) is 63.7 Å². The minimum absolute atomic E-state index is 0.0289. The Bertz CT molecular complexity index is 977. The van der Waals surface area contributed by atoms with Crippen molar-refractivity contribution in [1.82, 2.24) is 15.2 Å². The van der Waals surface area contributed by atoms with Crippen molar-refractivity contribution in [2.75, 3.05) is 33.4 Å². The fourth-order valence-corrected chi connectivity index (χ4v) is 4.34. The SMILES string of the molecule is COc1ccccc1-c1nc(C(=O)NCC2CN(Cc3ccccc3)CCO2)cs1. The van der Waals surface area contributed by atoms with Gasteiger partial charge >= 0.3 is 0 Å². The number of carbonyl (C=O) groups excluding carboxylic acids is 1. The number of rotatable bonds is 7. The first-order chi connectivity index (χ1) is 14.7. The molecule has 1 N–H and O–H groups in total. The number of para-hydroxylation sites is 1. The molecule has 6 nitrogen and oxygen atoms in total. The van der Waals surface area contributed by atoms with Gasteiger partial charge in [-0.05, 0) is 17.7 Å². The van der Waals surface area contributed by atoms with Gasteiger partial charge in [0.15, 0.2) is 0 Å². The number of carbonyl (C=O) groups is 1.